The number of amides is 2. The number of nitrogens with zero attached hydrogens (tertiary/aromatic N) is 1. The third kappa shape index (κ3) is 6.02. The molecule has 4 nitrogen and oxygen atoms in total. The Balaban J connectivity index is 2.74. The van der Waals surface area contributed by atoms with Gasteiger partial charge in [-0.3, -0.25) is 0 Å². The monoisotopic (exact) mass is 324 g/mol. The molecule has 7 heteroatoms. The summed E-state index contributed by atoms with van der Waals surface area (Å²) in [5.41, 5.74) is -0.544. The Morgan fingerprint density at radius 3 is 2.41 bits per heavy atom. The van der Waals surface area contributed by atoms with Crippen LogP contribution in [0.2, 0.25) is 0 Å². The van der Waals surface area contributed by atoms with Gasteiger partial charge in [0, 0.05) is 12.6 Å². The van der Waals surface area contributed by atoms with Crippen LogP contribution < -0.4 is 5.32 Å². The molecule has 1 aliphatic heterocycles. The third-order valence-electron chi connectivity index (χ3n) is 3.76. The van der Waals surface area contributed by atoms with Gasteiger partial charge >= 0.3 is 12.2 Å². The van der Waals surface area contributed by atoms with Gasteiger partial charge in [-0.1, -0.05) is 20.8 Å². The van der Waals surface area contributed by atoms with Crippen molar-refractivity contribution in [3.8, 4) is 0 Å². The quantitative estimate of drug-likeness (QED) is 0.834. The highest BCUT2D eigenvalue weighted by Crippen LogP contribution is 2.31. The van der Waals surface area contributed by atoms with Crippen LogP contribution in [0.25, 0.3) is 0 Å². The largest absolute Gasteiger partial charge is 0.408 e. The topological polar surface area (TPSA) is 52.6 Å². The van der Waals surface area contributed by atoms with E-state index in [1.165, 1.54) is 4.90 Å². The molecule has 130 valence electrons. The normalized spacial score (nSPS) is 22.5. The summed E-state index contributed by atoms with van der Waals surface area (Å²) in [5, 5.41) is 11.6. The lowest BCUT2D eigenvalue weighted by Crippen LogP contribution is -2.53. The molecule has 1 fully saturated rings. The van der Waals surface area contributed by atoms with E-state index >= 15 is 0 Å². The van der Waals surface area contributed by atoms with Crippen molar-refractivity contribution in [3.05, 3.63) is 0 Å². The van der Waals surface area contributed by atoms with E-state index in [0.717, 1.165) is 6.42 Å². The van der Waals surface area contributed by atoms with Gasteiger partial charge in [0.15, 0.2) is 0 Å². The summed E-state index contributed by atoms with van der Waals surface area (Å²) in [6.07, 6.45) is -3.36. The van der Waals surface area contributed by atoms with Crippen LogP contribution in [-0.4, -0.2) is 46.9 Å². The molecule has 2 N–H and O–H groups in total. The van der Waals surface area contributed by atoms with Crippen LogP contribution in [0.1, 0.15) is 53.4 Å². The van der Waals surface area contributed by atoms with Crippen LogP contribution in [0.4, 0.5) is 18.0 Å². The van der Waals surface area contributed by atoms with E-state index in [-0.39, 0.29) is 12.5 Å². The zero-order chi connectivity index (χ0) is 17.1. The Bertz CT molecular complexity index is 378. The fourth-order valence-corrected chi connectivity index (χ4v) is 2.83. The fourth-order valence-electron chi connectivity index (χ4n) is 2.83. The number of aliphatic hydroxyl groups is 1. The molecule has 22 heavy (non-hydrogen) atoms. The molecule has 0 aromatic rings. The number of alkyl halides is 3. The van der Waals surface area contributed by atoms with Crippen molar-refractivity contribution >= 4 is 6.03 Å². The SMILES string of the molecule is C[C@H](O)C[C@H]1CCCN1C(=O)N[C@@H](CC(C)(C)C)C(F)(F)F. The molecule has 1 rings (SSSR count). The summed E-state index contributed by atoms with van der Waals surface area (Å²) < 4.78 is 39.4. The van der Waals surface area contributed by atoms with E-state index in [9.17, 15) is 23.1 Å². The smallest absolute Gasteiger partial charge is 0.393 e. The summed E-state index contributed by atoms with van der Waals surface area (Å²) in [6, 6.07) is -2.73. The second-order valence-corrected chi connectivity index (χ2v) is 7.38. The van der Waals surface area contributed by atoms with E-state index in [1.54, 1.807) is 27.7 Å². The molecular weight excluding hydrogens is 297 g/mol. The number of hydrogen-bond donors (Lipinski definition) is 2. The van der Waals surface area contributed by atoms with E-state index < -0.39 is 29.8 Å². The molecule has 0 bridgehead atoms. The van der Waals surface area contributed by atoms with E-state index in [2.05, 4.69) is 5.32 Å². The zero-order valence-electron chi connectivity index (χ0n) is 13.7. The van der Waals surface area contributed by atoms with Crippen molar-refractivity contribution in [2.24, 2.45) is 5.41 Å². The highest BCUT2D eigenvalue weighted by molar-refractivity contribution is 5.75. The molecule has 0 spiro atoms. The molecule has 0 aromatic carbocycles. The Morgan fingerprint density at radius 1 is 1.36 bits per heavy atom. The molecule has 1 heterocycles. The molecule has 3 atom stereocenters. The predicted molar refractivity (Wildman–Crippen MR) is 78.5 cm³/mol. The van der Waals surface area contributed by atoms with Crippen LogP contribution in [0.5, 0.6) is 0 Å². The van der Waals surface area contributed by atoms with E-state index in [0.29, 0.717) is 19.4 Å². The predicted octanol–water partition coefficient (Wildman–Crippen LogP) is 3.30. The van der Waals surface area contributed by atoms with Crippen molar-refractivity contribution in [1.82, 2.24) is 10.2 Å². The molecule has 0 aliphatic carbocycles. The highest BCUT2D eigenvalue weighted by Gasteiger charge is 2.44. The molecule has 1 aliphatic rings. The van der Waals surface area contributed by atoms with E-state index in [1.807, 2.05) is 0 Å². The Labute approximate surface area is 130 Å². The summed E-state index contributed by atoms with van der Waals surface area (Å²) in [5.74, 6) is 0. The average Bonchev–Trinajstić information content (AvgIpc) is 2.72. The van der Waals surface area contributed by atoms with Crippen molar-refractivity contribution in [2.75, 3.05) is 6.54 Å². The van der Waals surface area contributed by atoms with Crippen molar-refractivity contribution in [1.29, 1.82) is 0 Å². The number of carbonyl (C=O) groups is 1. The maximum absolute atomic E-state index is 13.1. The molecule has 2 amide bonds. The number of likely N-dealkylation sites (tertiary alicyclic amines) is 1. The molecule has 0 aromatic heterocycles. The number of aliphatic hydroxyl groups excluding tert-OH is 1. The summed E-state index contributed by atoms with van der Waals surface area (Å²) >= 11 is 0. The number of nitrogens with one attached hydrogen (secondary N) is 1. The fraction of sp³-hybridized carbons (Fsp3) is 0.933. The van der Waals surface area contributed by atoms with Crippen LogP contribution in [0.3, 0.4) is 0 Å². The van der Waals surface area contributed by atoms with Gasteiger partial charge in [0.25, 0.3) is 0 Å². The summed E-state index contributed by atoms with van der Waals surface area (Å²) in [7, 11) is 0. The minimum Gasteiger partial charge on any atom is -0.393 e. The Kier molecular flexibility index (Phi) is 6.12. The van der Waals surface area contributed by atoms with Crippen molar-refractivity contribution in [2.45, 2.75) is 77.7 Å². The third-order valence-corrected chi connectivity index (χ3v) is 3.76. The van der Waals surface area contributed by atoms with Crippen molar-refractivity contribution < 1.29 is 23.1 Å². The lowest BCUT2D eigenvalue weighted by atomic mass is 9.88. The Hall–Kier alpha value is -0.980. The minimum absolute atomic E-state index is 0.169. The lowest BCUT2D eigenvalue weighted by molar-refractivity contribution is -0.159. The standard InChI is InChI=1S/C15H27F3N2O2/c1-10(21)8-11-6-5-7-20(11)13(22)19-12(15(16,17)18)9-14(2,3)4/h10-12,21H,5-9H2,1-4H3,(H,19,22)/t10-,11+,12-/m0/s1. The second kappa shape index (κ2) is 7.06. The second-order valence-electron chi connectivity index (χ2n) is 7.38. The number of urea groups is 1. The van der Waals surface area contributed by atoms with Crippen molar-refractivity contribution in [3.63, 3.8) is 0 Å². The number of carbonyl (C=O) groups excluding carboxylic acids is 1. The maximum Gasteiger partial charge on any atom is 0.408 e. The van der Waals surface area contributed by atoms with Gasteiger partial charge in [-0.15, -0.1) is 0 Å². The van der Waals surface area contributed by atoms with Crippen LogP contribution in [0.15, 0.2) is 0 Å². The van der Waals surface area contributed by atoms with Gasteiger partial charge in [0.1, 0.15) is 6.04 Å². The summed E-state index contributed by atoms with van der Waals surface area (Å²) in [4.78, 5) is 13.6. The first kappa shape index (κ1) is 19.1. The number of rotatable bonds is 4. The van der Waals surface area contributed by atoms with Gasteiger partial charge < -0.3 is 15.3 Å². The molecular formula is C15H27F3N2O2. The Morgan fingerprint density at radius 2 is 1.95 bits per heavy atom. The minimum atomic E-state index is -4.47. The first-order valence-electron chi connectivity index (χ1n) is 7.72. The van der Waals surface area contributed by atoms with Gasteiger partial charge in [-0.25, -0.2) is 4.79 Å². The summed E-state index contributed by atoms with van der Waals surface area (Å²) in [6.45, 7) is 7.19. The number of halogens is 3. The first-order valence-corrected chi connectivity index (χ1v) is 7.72. The van der Waals surface area contributed by atoms with Crippen LogP contribution in [-0.2, 0) is 0 Å². The molecule has 1 saturated heterocycles. The highest BCUT2D eigenvalue weighted by atomic mass is 19.4. The first-order chi connectivity index (χ1) is 9.90. The average molecular weight is 324 g/mol. The molecule has 0 unspecified atom stereocenters. The zero-order valence-corrected chi connectivity index (χ0v) is 13.7. The maximum atomic E-state index is 13.1. The molecule has 0 radical (unpaired) electrons. The van der Waals surface area contributed by atoms with Gasteiger partial charge in [-0.2, -0.15) is 13.2 Å². The number of hydrogen-bond acceptors (Lipinski definition) is 2. The van der Waals surface area contributed by atoms with Gasteiger partial charge in [0.05, 0.1) is 6.10 Å². The lowest BCUT2D eigenvalue weighted by Gasteiger charge is -2.32. The van der Waals surface area contributed by atoms with E-state index in [4.69, 9.17) is 0 Å². The van der Waals surface area contributed by atoms with Gasteiger partial charge in [-0.05, 0) is 38.0 Å². The van der Waals surface area contributed by atoms with Crippen LogP contribution >= 0.6 is 0 Å². The molecule has 0 saturated carbocycles. The van der Waals surface area contributed by atoms with Crippen LogP contribution in [0, 0.1) is 5.41 Å². The van der Waals surface area contributed by atoms with Gasteiger partial charge in [0.2, 0.25) is 0 Å².